The number of halogens is 3. The number of alkyl halides is 3. The van der Waals surface area contributed by atoms with E-state index in [9.17, 15) is 22.8 Å². The summed E-state index contributed by atoms with van der Waals surface area (Å²) in [6.45, 7) is 3.52. The van der Waals surface area contributed by atoms with Crippen LogP contribution in [0, 0.1) is 6.92 Å². The molecule has 0 bridgehead atoms. The number of carbonyl (C=O) groups is 2. The fourth-order valence-electron chi connectivity index (χ4n) is 5.92. The maximum atomic E-state index is 13.9. The Balaban J connectivity index is 1.33. The number of benzene rings is 2. The van der Waals surface area contributed by atoms with Gasteiger partial charge in [0.1, 0.15) is 29.7 Å². The molecule has 0 saturated heterocycles. The molecule has 0 radical (unpaired) electrons. The molecule has 4 aromatic rings. The highest BCUT2D eigenvalue weighted by Crippen LogP contribution is 2.46. The summed E-state index contributed by atoms with van der Waals surface area (Å²) in [5, 5.41) is 6.20. The third kappa shape index (κ3) is 6.40. The number of aromatic nitrogens is 1. The normalized spacial score (nSPS) is 18.4. The quantitative estimate of drug-likeness (QED) is 0.223. The Hall–Kier alpha value is -5.12. The highest BCUT2D eigenvalue weighted by molar-refractivity contribution is 6.09. The van der Waals surface area contributed by atoms with Gasteiger partial charge in [0.2, 0.25) is 0 Å². The van der Waals surface area contributed by atoms with Gasteiger partial charge in [-0.15, -0.1) is 0 Å². The zero-order valence-corrected chi connectivity index (χ0v) is 24.6. The molecule has 2 aliphatic rings. The van der Waals surface area contributed by atoms with Gasteiger partial charge in [0.05, 0.1) is 17.1 Å². The van der Waals surface area contributed by atoms with Crippen LogP contribution in [0.4, 0.5) is 19.0 Å². The molecule has 1 aliphatic carbocycles. The Bertz CT molecular complexity index is 1820. The number of hydrogen-bond acceptors (Lipinski definition) is 6. The minimum atomic E-state index is -4.50. The standard InChI is InChI=1S/C35H30F3N3O4/c1-20-13-14-39-30(15-20)41-34(43)31-21(2)40-27-16-23(22-7-4-3-5-8-22)17-28(42)32(27)33(31)29-12-11-26(45-29)19-44-25-10-6-9-24(18-25)35(36,37)38/h3-15,18,23,33,40H,16-17,19H2,1-2H3,(H,39,41,43). The topological polar surface area (TPSA) is 93.5 Å². The van der Waals surface area contributed by atoms with E-state index >= 15 is 0 Å². The molecule has 2 aromatic heterocycles. The smallest absolute Gasteiger partial charge is 0.416 e. The van der Waals surface area contributed by atoms with Crippen LogP contribution in [-0.4, -0.2) is 16.7 Å². The van der Waals surface area contributed by atoms with Crippen LogP contribution in [0.25, 0.3) is 0 Å². The number of ether oxygens (including phenoxy) is 1. The minimum absolute atomic E-state index is 0.0294. The van der Waals surface area contributed by atoms with Crippen molar-refractivity contribution < 1.29 is 31.9 Å². The predicted octanol–water partition coefficient (Wildman–Crippen LogP) is 7.58. The van der Waals surface area contributed by atoms with E-state index in [1.807, 2.05) is 43.3 Å². The van der Waals surface area contributed by atoms with E-state index in [0.29, 0.717) is 40.6 Å². The van der Waals surface area contributed by atoms with Crippen LogP contribution in [0.15, 0.2) is 112 Å². The number of ketones is 1. The first-order valence-corrected chi connectivity index (χ1v) is 14.5. The minimum Gasteiger partial charge on any atom is -0.486 e. The molecular weight excluding hydrogens is 583 g/mol. The molecule has 0 saturated carbocycles. The molecule has 2 aromatic carbocycles. The molecule has 7 nitrogen and oxygen atoms in total. The van der Waals surface area contributed by atoms with Gasteiger partial charge in [0, 0.05) is 29.6 Å². The van der Waals surface area contributed by atoms with Gasteiger partial charge >= 0.3 is 6.18 Å². The van der Waals surface area contributed by atoms with Crippen LogP contribution in [0.3, 0.4) is 0 Å². The Kier molecular flexibility index (Phi) is 8.05. The Labute approximate surface area is 257 Å². The van der Waals surface area contributed by atoms with Crippen LogP contribution in [0.5, 0.6) is 5.75 Å². The second-order valence-electron chi connectivity index (χ2n) is 11.2. The summed E-state index contributed by atoms with van der Waals surface area (Å²) >= 11 is 0. The molecule has 2 unspecified atom stereocenters. The molecule has 3 heterocycles. The summed E-state index contributed by atoms with van der Waals surface area (Å²) in [7, 11) is 0. The first-order chi connectivity index (χ1) is 21.6. The van der Waals surface area contributed by atoms with Gasteiger partial charge in [0.25, 0.3) is 5.91 Å². The van der Waals surface area contributed by atoms with Gasteiger partial charge in [-0.3, -0.25) is 9.59 Å². The lowest BCUT2D eigenvalue weighted by Crippen LogP contribution is -2.37. The van der Waals surface area contributed by atoms with Crippen molar-refractivity contribution in [3.63, 3.8) is 0 Å². The van der Waals surface area contributed by atoms with Crippen molar-refractivity contribution in [3.8, 4) is 5.75 Å². The number of pyridine rings is 1. The van der Waals surface area contributed by atoms with Gasteiger partial charge in [0.15, 0.2) is 5.78 Å². The molecule has 1 aliphatic heterocycles. The van der Waals surface area contributed by atoms with E-state index in [-0.39, 0.29) is 30.5 Å². The number of anilines is 1. The van der Waals surface area contributed by atoms with Gasteiger partial charge in [-0.05, 0) is 79.8 Å². The van der Waals surface area contributed by atoms with E-state index < -0.39 is 23.6 Å². The lowest BCUT2D eigenvalue weighted by molar-refractivity contribution is -0.137. The summed E-state index contributed by atoms with van der Waals surface area (Å²) in [6, 6.07) is 21.3. The van der Waals surface area contributed by atoms with Crippen LogP contribution < -0.4 is 15.4 Å². The van der Waals surface area contributed by atoms with Crippen molar-refractivity contribution >= 4 is 17.5 Å². The highest BCUT2D eigenvalue weighted by Gasteiger charge is 2.42. The maximum Gasteiger partial charge on any atom is 0.416 e. The van der Waals surface area contributed by atoms with E-state index in [0.717, 1.165) is 29.0 Å². The molecule has 0 spiro atoms. The molecular formula is C35H30F3N3O4. The number of nitrogens with one attached hydrogen (secondary N) is 2. The number of aryl methyl sites for hydroxylation is 1. The van der Waals surface area contributed by atoms with E-state index in [1.54, 1.807) is 31.3 Å². The number of Topliss-reactive ketones (excluding diaryl/α,β-unsaturated/α-hetero) is 1. The Morgan fingerprint density at radius 3 is 2.58 bits per heavy atom. The third-order valence-corrected chi connectivity index (χ3v) is 8.01. The number of hydrogen-bond donors (Lipinski definition) is 2. The number of carbonyl (C=O) groups excluding carboxylic acids is 2. The van der Waals surface area contributed by atoms with Gasteiger partial charge in [-0.2, -0.15) is 13.2 Å². The fourth-order valence-corrected chi connectivity index (χ4v) is 5.92. The SMILES string of the molecule is CC1=C(C(=O)Nc2cc(C)ccn2)C(c2ccc(COc3cccc(C(F)(F)F)c3)o2)C2=C(CC(c3ccccc3)CC2=O)N1. The third-order valence-electron chi connectivity index (χ3n) is 8.01. The lowest BCUT2D eigenvalue weighted by Gasteiger charge is -2.36. The van der Waals surface area contributed by atoms with E-state index in [2.05, 4.69) is 15.6 Å². The van der Waals surface area contributed by atoms with E-state index in [4.69, 9.17) is 9.15 Å². The fraction of sp³-hybridized carbons (Fsp3) is 0.229. The first-order valence-electron chi connectivity index (χ1n) is 14.5. The molecule has 0 fully saturated rings. The zero-order chi connectivity index (χ0) is 31.7. The monoisotopic (exact) mass is 613 g/mol. The van der Waals surface area contributed by atoms with Crippen molar-refractivity contribution in [1.82, 2.24) is 10.3 Å². The molecule has 2 N–H and O–H groups in total. The second kappa shape index (κ2) is 12.1. The number of furan rings is 1. The molecule has 1 amide bonds. The molecule has 230 valence electrons. The summed E-state index contributed by atoms with van der Waals surface area (Å²) in [5.41, 5.74) is 3.21. The summed E-state index contributed by atoms with van der Waals surface area (Å²) in [5.74, 6) is -0.321. The summed E-state index contributed by atoms with van der Waals surface area (Å²) in [4.78, 5) is 32.0. The van der Waals surface area contributed by atoms with Crippen LogP contribution in [0.2, 0.25) is 0 Å². The highest BCUT2D eigenvalue weighted by atomic mass is 19.4. The van der Waals surface area contributed by atoms with Crippen molar-refractivity contribution in [2.24, 2.45) is 0 Å². The van der Waals surface area contributed by atoms with E-state index in [1.165, 1.54) is 12.1 Å². The van der Waals surface area contributed by atoms with Gasteiger partial charge in [-0.1, -0.05) is 36.4 Å². The van der Waals surface area contributed by atoms with Gasteiger partial charge < -0.3 is 19.8 Å². The Morgan fingerprint density at radius 2 is 1.82 bits per heavy atom. The van der Waals surface area contributed by atoms with Crippen molar-refractivity contribution in [1.29, 1.82) is 0 Å². The number of amides is 1. The zero-order valence-electron chi connectivity index (χ0n) is 24.6. The predicted molar refractivity (Wildman–Crippen MR) is 161 cm³/mol. The molecule has 6 rings (SSSR count). The molecule has 45 heavy (non-hydrogen) atoms. The maximum absolute atomic E-state index is 13.9. The summed E-state index contributed by atoms with van der Waals surface area (Å²) < 4.78 is 51.3. The number of rotatable bonds is 7. The van der Waals surface area contributed by atoms with Crippen molar-refractivity contribution in [2.75, 3.05) is 5.32 Å². The molecule has 10 heteroatoms. The number of dihydropyridines is 1. The van der Waals surface area contributed by atoms with Crippen molar-refractivity contribution in [3.05, 3.63) is 136 Å². The van der Waals surface area contributed by atoms with Crippen molar-refractivity contribution in [2.45, 2.75) is 51.3 Å². The second-order valence-corrected chi connectivity index (χ2v) is 11.2. The van der Waals surface area contributed by atoms with Crippen LogP contribution >= 0.6 is 0 Å². The average molecular weight is 614 g/mol. The van der Waals surface area contributed by atoms with Crippen LogP contribution in [-0.2, 0) is 22.4 Å². The van der Waals surface area contributed by atoms with Gasteiger partial charge in [-0.25, -0.2) is 4.98 Å². The number of allylic oxidation sites excluding steroid dienone is 3. The summed E-state index contributed by atoms with van der Waals surface area (Å²) in [6.07, 6.45) is -2.07. The first kappa shape index (κ1) is 29.9. The largest absolute Gasteiger partial charge is 0.486 e. The number of nitrogens with zero attached hydrogens (tertiary/aromatic N) is 1. The Morgan fingerprint density at radius 1 is 1.02 bits per heavy atom. The molecule has 2 atom stereocenters. The average Bonchev–Trinajstić information content (AvgIpc) is 3.48. The lowest BCUT2D eigenvalue weighted by atomic mass is 9.73. The van der Waals surface area contributed by atoms with Crippen LogP contribution in [0.1, 0.15) is 59.8 Å².